The third-order valence-corrected chi connectivity index (χ3v) is 7.54. The molecule has 1 aliphatic carbocycles. The number of amides is 2. The number of unbranched alkanes of at least 4 members (excludes halogenated alkanes) is 1. The molecule has 234 valence electrons. The monoisotopic (exact) mass is 600 g/mol. The van der Waals surface area contributed by atoms with Crippen molar-refractivity contribution < 1.29 is 28.6 Å². The number of carbonyl (C=O) groups excluding carboxylic acids is 3. The Labute approximate surface area is 260 Å². The Hall–Kier alpha value is -4.33. The van der Waals surface area contributed by atoms with Gasteiger partial charge >= 0.3 is 18.2 Å². The second-order valence-electron chi connectivity index (χ2n) is 12.4. The number of alkyl carbamates (subject to hydrolysis) is 1. The van der Waals surface area contributed by atoms with Gasteiger partial charge in [-0.25, -0.2) is 14.4 Å². The summed E-state index contributed by atoms with van der Waals surface area (Å²) in [5.74, 6) is -0.623. The molecule has 0 fully saturated rings. The molecule has 8 heteroatoms. The van der Waals surface area contributed by atoms with Crippen molar-refractivity contribution in [3.05, 3.63) is 95.6 Å². The minimum absolute atomic E-state index is 0.0459. The maximum Gasteiger partial charge on any atom is 0.410 e. The standard InChI is InChI=1S/C36H44N2O6/c1-25(2)38(35(41)44-36(3,4)5)22-14-13-21-32(33(39)42-23-26-15-7-6-8-16-26)37-34(40)43-24-31-29-19-11-9-17-27(29)28-18-10-12-20-30(28)31/h6-12,15-20,25,31-32H,13-14,21-24H2,1-5H3,(H,37,40)/t32-/m0/s1. The highest BCUT2D eigenvalue weighted by molar-refractivity contribution is 5.82. The van der Waals surface area contributed by atoms with E-state index in [-0.39, 0.29) is 31.3 Å². The van der Waals surface area contributed by atoms with E-state index in [4.69, 9.17) is 14.2 Å². The molecule has 3 aromatic rings. The molecule has 1 atom stereocenters. The van der Waals surface area contributed by atoms with Crippen LogP contribution in [0.4, 0.5) is 9.59 Å². The number of fused-ring (bicyclic) bond motifs is 3. The van der Waals surface area contributed by atoms with Crippen molar-refractivity contribution in [3.63, 3.8) is 0 Å². The summed E-state index contributed by atoms with van der Waals surface area (Å²) in [6.45, 7) is 10.1. The maximum absolute atomic E-state index is 13.2. The maximum atomic E-state index is 13.2. The van der Waals surface area contributed by atoms with Crippen molar-refractivity contribution in [2.45, 2.75) is 84.1 Å². The Morgan fingerprint density at radius 3 is 2.00 bits per heavy atom. The van der Waals surface area contributed by atoms with Gasteiger partial charge in [-0.1, -0.05) is 78.9 Å². The van der Waals surface area contributed by atoms with Crippen LogP contribution in [0.5, 0.6) is 0 Å². The summed E-state index contributed by atoms with van der Waals surface area (Å²) in [5.41, 5.74) is 4.76. The van der Waals surface area contributed by atoms with Crippen LogP contribution in [0.1, 0.15) is 76.5 Å². The van der Waals surface area contributed by atoms with Gasteiger partial charge in [0.05, 0.1) is 0 Å². The van der Waals surface area contributed by atoms with Gasteiger partial charge in [-0.15, -0.1) is 0 Å². The van der Waals surface area contributed by atoms with E-state index in [1.54, 1.807) is 4.90 Å². The van der Waals surface area contributed by atoms with Crippen LogP contribution in [0.15, 0.2) is 78.9 Å². The van der Waals surface area contributed by atoms with E-state index in [1.807, 2.05) is 89.2 Å². The summed E-state index contributed by atoms with van der Waals surface area (Å²) < 4.78 is 16.8. The lowest BCUT2D eigenvalue weighted by Gasteiger charge is -2.30. The van der Waals surface area contributed by atoms with Crippen molar-refractivity contribution in [3.8, 4) is 11.1 Å². The predicted molar refractivity (Wildman–Crippen MR) is 170 cm³/mol. The molecule has 0 aromatic heterocycles. The third-order valence-electron chi connectivity index (χ3n) is 7.54. The minimum Gasteiger partial charge on any atom is -0.459 e. The molecule has 1 N–H and O–H groups in total. The number of benzene rings is 3. The van der Waals surface area contributed by atoms with Crippen LogP contribution in [0, 0.1) is 0 Å². The van der Waals surface area contributed by atoms with Gasteiger partial charge in [-0.3, -0.25) is 0 Å². The molecule has 3 aromatic carbocycles. The molecule has 0 aliphatic heterocycles. The molecule has 0 unspecified atom stereocenters. The lowest BCUT2D eigenvalue weighted by molar-refractivity contribution is -0.147. The molecule has 4 rings (SSSR count). The van der Waals surface area contributed by atoms with Gasteiger partial charge in [-0.2, -0.15) is 0 Å². The van der Waals surface area contributed by atoms with Gasteiger partial charge in [0, 0.05) is 18.5 Å². The molecule has 0 bridgehead atoms. The van der Waals surface area contributed by atoms with Crippen molar-refractivity contribution in [2.75, 3.05) is 13.2 Å². The number of nitrogens with one attached hydrogen (secondary N) is 1. The summed E-state index contributed by atoms with van der Waals surface area (Å²) >= 11 is 0. The summed E-state index contributed by atoms with van der Waals surface area (Å²) in [7, 11) is 0. The highest BCUT2D eigenvalue weighted by Crippen LogP contribution is 2.44. The van der Waals surface area contributed by atoms with E-state index in [0.717, 1.165) is 27.8 Å². The topological polar surface area (TPSA) is 94.2 Å². The Kier molecular flexibility index (Phi) is 11.0. The summed E-state index contributed by atoms with van der Waals surface area (Å²) in [5, 5.41) is 2.75. The van der Waals surface area contributed by atoms with Crippen LogP contribution in [0.2, 0.25) is 0 Å². The molecule has 44 heavy (non-hydrogen) atoms. The summed E-state index contributed by atoms with van der Waals surface area (Å²) in [6, 6.07) is 24.7. The Bertz CT molecular complexity index is 1370. The predicted octanol–water partition coefficient (Wildman–Crippen LogP) is 7.45. The lowest BCUT2D eigenvalue weighted by atomic mass is 9.98. The molecular formula is C36H44N2O6. The van der Waals surface area contributed by atoms with E-state index >= 15 is 0 Å². The van der Waals surface area contributed by atoms with E-state index < -0.39 is 23.7 Å². The number of nitrogens with zero attached hydrogens (tertiary/aromatic N) is 1. The fourth-order valence-electron chi connectivity index (χ4n) is 5.37. The first kappa shape index (κ1) is 32.6. The van der Waals surface area contributed by atoms with Gasteiger partial charge in [0.1, 0.15) is 24.9 Å². The first-order valence-electron chi connectivity index (χ1n) is 15.3. The van der Waals surface area contributed by atoms with Crippen molar-refractivity contribution >= 4 is 18.2 Å². The molecule has 0 saturated heterocycles. The van der Waals surface area contributed by atoms with Crippen LogP contribution in [0.25, 0.3) is 11.1 Å². The number of ether oxygens (including phenoxy) is 3. The molecule has 8 nitrogen and oxygen atoms in total. The Morgan fingerprint density at radius 1 is 0.818 bits per heavy atom. The van der Waals surface area contributed by atoms with E-state index in [1.165, 1.54) is 0 Å². The number of rotatable bonds is 12. The molecule has 0 radical (unpaired) electrons. The smallest absolute Gasteiger partial charge is 0.410 e. The van der Waals surface area contributed by atoms with Crippen LogP contribution < -0.4 is 5.32 Å². The second-order valence-corrected chi connectivity index (χ2v) is 12.4. The average Bonchev–Trinajstić information content (AvgIpc) is 3.31. The SMILES string of the molecule is CC(C)N(CCCC[C@H](NC(=O)OCC1c2ccccc2-c2ccccc21)C(=O)OCc1ccccc1)C(=O)OC(C)(C)C. The van der Waals surface area contributed by atoms with Crippen molar-refractivity contribution in [1.82, 2.24) is 10.2 Å². The number of hydrogen-bond acceptors (Lipinski definition) is 6. The van der Waals surface area contributed by atoms with Crippen LogP contribution >= 0.6 is 0 Å². The van der Waals surface area contributed by atoms with Crippen molar-refractivity contribution in [1.29, 1.82) is 0 Å². The molecular weight excluding hydrogens is 556 g/mol. The van der Waals surface area contributed by atoms with Crippen LogP contribution in [0.3, 0.4) is 0 Å². The first-order valence-corrected chi connectivity index (χ1v) is 15.3. The number of esters is 1. The zero-order chi connectivity index (χ0) is 31.7. The normalized spacial score (nSPS) is 13.0. The molecule has 0 heterocycles. The average molecular weight is 601 g/mol. The third kappa shape index (κ3) is 8.85. The van der Waals surface area contributed by atoms with E-state index in [0.29, 0.717) is 25.8 Å². The van der Waals surface area contributed by atoms with E-state index in [2.05, 4.69) is 29.6 Å². The highest BCUT2D eigenvalue weighted by atomic mass is 16.6. The number of hydrogen-bond donors (Lipinski definition) is 1. The zero-order valence-electron chi connectivity index (χ0n) is 26.4. The first-order chi connectivity index (χ1) is 21.0. The van der Waals surface area contributed by atoms with Gasteiger partial charge in [0.2, 0.25) is 0 Å². The summed E-state index contributed by atoms with van der Waals surface area (Å²) in [4.78, 5) is 40.6. The molecule has 1 aliphatic rings. The van der Waals surface area contributed by atoms with Crippen LogP contribution in [-0.4, -0.2) is 53.9 Å². The van der Waals surface area contributed by atoms with Gasteiger partial charge < -0.3 is 24.4 Å². The molecule has 2 amide bonds. The Morgan fingerprint density at radius 2 is 1.41 bits per heavy atom. The van der Waals surface area contributed by atoms with Gasteiger partial charge in [0.15, 0.2) is 0 Å². The van der Waals surface area contributed by atoms with Crippen LogP contribution in [-0.2, 0) is 25.6 Å². The zero-order valence-corrected chi connectivity index (χ0v) is 26.4. The lowest BCUT2D eigenvalue weighted by Crippen LogP contribution is -2.43. The fourth-order valence-corrected chi connectivity index (χ4v) is 5.37. The van der Waals surface area contributed by atoms with Crippen molar-refractivity contribution in [2.24, 2.45) is 0 Å². The summed E-state index contributed by atoms with van der Waals surface area (Å²) in [6.07, 6.45) is 0.472. The highest BCUT2D eigenvalue weighted by Gasteiger charge is 2.30. The molecule has 0 saturated carbocycles. The van der Waals surface area contributed by atoms with E-state index in [9.17, 15) is 14.4 Å². The number of carbonyl (C=O) groups is 3. The fraction of sp³-hybridized carbons (Fsp3) is 0.417. The minimum atomic E-state index is -0.900. The largest absolute Gasteiger partial charge is 0.459 e. The molecule has 0 spiro atoms. The Balaban J connectivity index is 1.37. The van der Waals surface area contributed by atoms with Gasteiger partial charge in [-0.05, 0) is 81.7 Å². The van der Waals surface area contributed by atoms with Gasteiger partial charge in [0.25, 0.3) is 0 Å². The second kappa shape index (κ2) is 14.9. The quantitative estimate of drug-likeness (QED) is 0.132.